The summed E-state index contributed by atoms with van der Waals surface area (Å²) in [5.41, 5.74) is 0. The third kappa shape index (κ3) is 65.0. The van der Waals surface area contributed by atoms with Gasteiger partial charge in [-0.1, -0.05) is 0 Å². The topological polar surface area (TPSA) is 90.2 Å². The first-order valence-corrected chi connectivity index (χ1v) is 8.27. The van der Waals surface area contributed by atoms with Crippen molar-refractivity contribution in [2.24, 2.45) is 0 Å². The van der Waals surface area contributed by atoms with Crippen molar-refractivity contribution < 1.29 is 50.0 Å². The molecule has 0 rings (SSSR count). The van der Waals surface area contributed by atoms with Gasteiger partial charge in [-0.25, -0.2) is 0 Å². The molecule has 0 aromatic heterocycles. The zero-order valence-corrected chi connectivity index (χ0v) is 12.3. The molecular weight excluding hydrogens is 345 g/mol. The minimum absolute atomic E-state index is 0.948. The molecule has 0 heterocycles. The Morgan fingerprint density at radius 3 is 1.60 bits per heavy atom. The third-order valence-corrected chi connectivity index (χ3v) is 1.47. The molecule has 0 aliphatic heterocycles. The number of methoxy groups -OCH3 is 1. The van der Waals surface area contributed by atoms with Crippen LogP contribution in [-0.2, 0) is 30.9 Å². The summed E-state index contributed by atoms with van der Waals surface area (Å²) in [4.78, 5) is 29.3. The normalized spacial score (nSPS) is 10.3. The molecule has 4 N–H and O–H groups in total. The van der Waals surface area contributed by atoms with Crippen LogP contribution < -0.4 is 0 Å². The minimum atomic E-state index is -4.61. The molecule has 0 aliphatic rings. The number of hydrogen-bond donors (Lipinski definition) is 4. The van der Waals surface area contributed by atoms with Gasteiger partial charge >= 0.3 is 57.6 Å². The van der Waals surface area contributed by atoms with E-state index < -0.39 is 9.05 Å². The van der Waals surface area contributed by atoms with E-state index in [9.17, 15) is 0 Å². The van der Waals surface area contributed by atoms with E-state index in [4.69, 9.17) is 23.9 Å². The van der Waals surface area contributed by atoms with Gasteiger partial charge in [-0.05, 0) is 0 Å². The number of ether oxygens (including phenoxy) is 1. The predicted molar refractivity (Wildman–Crippen MR) is 31.3 cm³/mol. The molecule has 0 aromatic rings. The zero-order chi connectivity index (χ0) is 8.62. The van der Waals surface area contributed by atoms with Gasteiger partial charge in [0.2, 0.25) is 0 Å². The SMILES string of the molecule is COC[CH2][Hg].O[Si](O)(O)O. The van der Waals surface area contributed by atoms with Gasteiger partial charge in [-0.3, -0.25) is 0 Å². The molecule has 5 nitrogen and oxygen atoms in total. The van der Waals surface area contributed by atoms with Gasteiger partial charge < -0.3 is 19.2 Å². The molecule has 7 heteroatoms. The Labute approximate surface area is 76.7 Å². The maximum Gasteiger partial charge on any atom is 0.668 e. The molecule has 0 bridgehead atoms. The summed E-state index contributed by atoms with van der Waals surface area (Å²) in [7, 11) is -2.87. The van der Waals surface area contributed by atoms with Crippen LogP contribution in [-0.4, -0.2) is 41.9 Å². The molecule has 0 saturated heterocycles. The van der Waals surface area contributed by atoms with E-state index in [1.807, 2.05) is 0 Å². The number of hydrogen-bond acceptors (Lipinski definition) is 5. The minimum Gasteiger partial charge on any atom is -0.368 e. The Balaban J connectivity index is 0. The molecule has 0 spiro atoms. The van der Waals surface area contributed by atoms with E-state index in [0.717, 1.165) is 32.7 Å². The second-order valence-electron chi connectivity index (χ2n) is 1.45. The van der Waals surface area contributed by atoms with Crippen molar-refractivity contribution >= 4 is 9.05 Å². The molecule has 0 amide bonds. The summed E-state index contributed by atoms with van der Waals surface area (Å²) in [6.07, 6.45) is 0. The van der Waals surface area contributed by atoms with Crippen LogP contribution in [0, 0.1) is 0 Å². The summed E-state index contributed by atoms with van der Waals surface area (Å²) in [5, 5.41) is 0. The van der Waals surface area contributed by atoms with Gasteiger partial charge in [0.05, 0.1) is 0 Å². The van der Waals surface area contributed by atoms with E-state index in [1.165, 1.54) is 3.93 Å². The average molecular weight is 356 g/mol. The van der Waals surface area contributed by atoms with Crippen molar-refractivity contribution in [3.05, 3.63) is 0 Å². The maximum absolute atomic E-state index is 7.33. The quantitative estimate of drug-likeness (QED) is 0.430. The fourth-order valence-corrected chi connectivity index (χ4v) is 1.27. The second-order valence-corrected chi connectivity index (χ2v) is 5.40. The molecule has 0 fully saturated rings. The zero-order valence-electron chi connectivity index (χ0n) is 5.82. The largest absolute Gasteiger partial charge is 0.668 e. The fraction of sp³-hybridized carbons (Fsp3) is 1.00. The Bertz CT molecular complexity index is 56.4. The summed E-state index contributed by atoms with van der Waals surface area (Å²) in [6, 6.07) is 0. The molecule has 10 heavy (non-hydrogen) atoms. The van der Waals surface area contributed by atoms with Crippen molar-refractivity contribution in [1.82, 2.24) is 0 Å². The van der Waals surface area contributed by atoms with Crippen LogP contribution in [0.25, 0.3) is 0 Å². The van der Waals surface area contributed by atoms with Gasteiger partial charge in [0.1, 0.15) is 0 Å². The Hall–Kier alpha value is 0.952. The molecule has 0 unspecified atom stereocenters. The molecule has 0 aromatic carbocycles. The first-order chi connectivity index (χ1) is 4.41. The molecule has 0 radical (unpaired) electrons. The van der Waals surface area contributed by atoms with Crippen molar-refractivity contribution in [2.45, 2.75) is 3.93 Å². The van der Waals surface area contributed by atoms with Crippen LogP contribution in [0.15, 0.2) is 0 Å². The molecule has 0 atom stereocenters. The van der Waals surface area contributed by atoms with Gasteiger partial charge in [0.25, 0.3) is 0 Å². The summed E-state index contributed by atoms with van der Waals surface area (Å²) in [6.45, 7) is 0.975. The van der Waals surface area contributed by atoms with Crippen LogP contribution in [0.4, 0.5) is 0 Å². The van der Waals surface area contributed by atoms with Gasteiger partial charge in [0.15, 0.2) is 0 Å². The average Bonchev–Trinajstić information content (AvgIpc) is 1.63. The van der Waals surface area contributed by atoms with E-state index >= 15 is 0 Å². The van der Waals surface area contributed by atoms with Crippen LogP contribution in [0.5, 0.6) is 0 Å². The van der Waals surface area contributed by atoms with Crippen LogP contribution in [0.2, 0.25) is 3.93 Å². The van der Waals surface area contributed by atoms with Crippen molar-refractivity contribution in [2.75, 3.05) is 13.7 Å². The Kier molecular flexibility index (Phi) is 10.9. The third-order valence-electron chi connectivity index (χ3n) is 0.348. The summed E-state index contributed by atoms with van der Waals surface area (Å²) in [5.74, 6) is 0. The maximum atomic E-state index is 7.33. The van der Waals surface area contributed by atoms with E-state index in [2.05, 4.69) is 0 Å². The summed E-state index contributed by atoms with van der Waals surface area (Å²) >= 11 is 0.948. The van der Waals surface area contributed by atoms with Gasteiger partial charge in [-0.15, -0.1) is 0 Å². The molecular formula is C3H11HgO5Si. The standard InChI is InChI=1S/C3H7O.Hg.H4O4Si/c1-3-4-2;;1-5(2,3)4/h1,3H2,2H3;;1-4H. The van der Waals surface area contributed by atoms with E-state index in [0.29, 0.717) is 0 Å². The van der Waals surface area contributed by atoms with Crippen molar-refractivity contribution in [3.63, 3.8) is 0 Å². The van der Waals surface area contributed by atoms with Gasteiger partial charge in [0, 0.05) is 0 Å². The van der Waals surface area contributed by atoms with Crippen molar-refractivity contribution in [1.29, 1.82) is 0 Å². The first kappa shape index (κ1) is 13.5. The molecule has 0 saturated carbocycles. The first-order valence-electron chi connectivity index (χ1n) is 2.59. The smallest absolute Gasteiger partial charge is 0.368 e. The monoisotopic (exact) mass is 357 g/mol. The Morgan fingerprint density at radius 1 is 1.30 bits per heavy atom. The Morgan fingerprint density at radius 2 is 1.60 bits per heavy atom. The van der Waals surface area contributed by atoms with Crippen LogP contribution in [0.3, 0.4) is 0 Å². The van der Waals surface area contributed by atoms with E-state index in [1.54, 1.807) is 7.11 Å². The number of rotatable bonds is 2. The van der Waals surface area contributed by atoms with Gasteiger partial charge in [-0.2, -0.15) is 0 Å². The van der Waals surface area contributed by atoms with Crippen LogP contribution >= 0.6 is 0 Å². The second kappa shape index (κ2) is 8.05. The molecule has 59 valence electrons. The van der Waals surface area contributed by atoms with Crippen LogP contribution in [0.1, 0.15) is 0 Å². The fourth-order valence-electron chi connectivity index (χ4n) is 0.144. The van der Waals surface area contributed by atoms with Crippen molar-refractivity contribution in [3.8, 4) is 0 Å². The van der Waals surface area contributed by atoms with E-state index in [-0.39, 0.29) is 0 Å². The summed E-state index contributed by atoms with van der Waals surface area (Å²) < 4.78 is 6.06. The predicted octanol–water partition coefficient (Wildman–Crippen LogP) is -2.01. The molecule has 0 aliphatic carbocycles.